The Labute approximate surface area is 121 Å². The fraction of sp³-hybridized carbons (Fsp3) is 0.417. The third-order valence-electron chi connectivity index (χ3n) is 2.56. The number of nitrogens with one attached hydrogen (secondary N) is 1. The molecule has 0 radical (unpaired) electrons. The topological polar surface area (TPSA) is 83.5 Å². The highest BCUT2D eigenvalue weighted by Gasteiger charge is 2.24. The lowest BCUT2D eigenvalue weighted by atomic mass is 10.1. The first-order valence-corrected chi connectivity index (χ1v) is 7.81. The highest BCUT2D eigenvalue weighted by atomic mass is 35.5. The molecule has 1 rings (SSSR count). The average Bonchev–Trinajstić information content (AvgIpc) is 2.31. The lowest BCUT2D eigenvalue weighted by molar-refractivity contribution is -0.137. The molecule has 0 saturated heterocycles. The van der Waals surface area contributed by atoms with E-state index in [1.54, 1.807) is 6.92 Å². The molecule has 0 fully saturated rings. The first-order valence-electron chi connectivity index (χ1n) is 5.95. The van der Waals surface area contributed by atoms with Crippen LogP contribution in [0.15, 0.2) is 23.1 Å². The van der Waals surface area contributed by atoms with Gasteiger partial charge < -0.3 is 5.11 Å². The molecule has 1 aromatic rings. The van der Waals surface area contributed by atoms with Gasteiger partial charge in [-0.1, -0.05) is 24.9 Å². The second-order valence-corrected chi connectivity index (χ2v) is 6.37. The van der Waals surface area contributed by atoms with Crippen LogP contribution in [-0.4, -0.2) is 25.5 Å². The second kappa shape index (κ2) is 7.01. The lowest BCUT2D eigenvalue weighted by Gasteiger charge is -2.16. The van der Waals surface area contributed by atoms with Gasteiger partial charge in [0, 0.05) is 6.04 Å². The quantitative estimate of drug-likeness (QED) is 0.807. The summed E-state index contributed by atoms with van der Waals surface area (Å²) in [4.78, 5) is 10.3. The Morgan fingerprint density at radius 1 is 1.50 bits per heavy atom. The minimum Gasteiger partial charge on any atom is -0.481 e. The van der Waals surface area contributed by atoms with Crippen molar-refractivity contribution in [3.05, 3.63) is 29.0 Å². The molecule has 0 spiro atoms. The van der Waals surface area contributed by atoms with E-state index in [4.69, 9.17) is 16.7 Å². The van der Waals surface area contributed by atoms with Gasteiger partial charge in [-0.15, -0.1) is 0 Å². The maximum atomic E-state index is 13.1. The molecule has 0 aliphatic heterocycles. The van der Waals surface area contributed by atoms with Gasteiger partial charge in [0.05, 0.1) is 11.4 Å². The second-order valence-electron chi connectivity index (χ2n) is 4.28. The summed E-state index contributed by atoms with van der Waals surface area (Å²) in [5.41, 5.74) is 0. The number of benzene rings is 1. The van der Waals surface area contributed by atoms with Crippen LogP contribution in [0.2, 0.25) is 5.02 Å². The van der Waals surface area contributed by atoms with Crippen LogP contribution in [0.1, 0.15) is 26.2 Å². The minimum atomic E-state index is -4.07. The van der Waals surface area contributed by atoms with Crippen molar-refractivity contribution in [1.29, 1.82) is 0 Å². The van der Waals surface area contributed by atoms with Crippen LogP contribution < -0.4 is 4.72 Å². The summed E-state index contributed by atoms with van der Waals surface area (Å²) < 4.78 is 39.6. The van der Waals surface area contributed by atoms with Crippen LogP contribution in [0.4, 0.5) is 4.39 Å². The molecular formula is C12H15ClFNO4S. The molecule has 0 aliphatic carbocycles. The summed E-state index contributed by atoms with van der Waals surface area (Å²) in [5, 5.41) is 8.63. The Morgan fingerprint density at radius 3 is 2.70 bits per heavy atom. The number of hydrogen-bond acceptors (Lipinski definition) is 3. The molecule has 2 N–H and O–H groups in total. The zero-order chi connectivity index (χ0) is 15.3. The molecule has 0 heterocycles. The fourth-order valence-electron chi connectivity index (χ4n) is 1.73. The molecule has 0 aliphatic rings. The molecule has 0 aromatic heterocycles. The Balaban J connectivity index is 3.02. The highest BCUT2D eigenvalue weighted by molar-refractivity contribution is 7.89. The first kappa shape index (κ1) is 16.9. The van der Waals surface area contributed by atoms with Crippen molar-refractivity contribution in [1.82, 2.24) is 4.72 Å². The third-order valence-corrected chi connectivity index (χ3v) is 4.56. The summed E-state index contributed by atoms with van der Waals surface area (Å²) in [6, 6.07) is 2.22. The Morgan fingerprint density at radius 2 is 2.15 bits per heavy atom. The van der Waals surface area contributed by atoms with E-state index in [-0.39, 0.29) is 11.4 Å². The van der Waals surface area contributed by atoms with Crippen molar-refractivity contribution in [2.24, 2.45) is 0 Å². The van der Waals surface area contributed by atoms with Gasteiger partial charge in [-0.05, 0) is 24.6 Å². The highest BCUT2D eigenvalue weighted by Crippen LogP contribution is 2.22. The van der Waals surface area contributed by atoms with E-state index in [9.17, 15) is 17.6 Å². The molecule has 1 atom stereocenters. The Hall–Kier alpha value is -1.18. The van der Waals surface area contributed by atoms with Gasteiger partial charge >= 0.3 is 5.97 Å². The standard InChI is InChI=1S/C12H15ClFNO4S/c1-2-3-9(7-12(16)17)15-20(18,19)11-6-8(14)4-5-10(11)13/h4-6,9,15H,2-3,7H2,1H3,(H,16,17). The molecular weight excluding hydrogens is 309 g/mol. The number of sulfonamides is 1. The molecule has 1 unspecified atom stereocenters. The number of halogens is 2. The van der Waals surface area contributed by atoms with Gasteiger partial charge in [-0.3, -0.25) is 4.79 Å². The number of carbonyl (C=O) groups is 1. The zero-order valence-corrected chi connectivity index (χ0v) is 12.3. The zero-order valence-electron chi connectivity index (χ0n) is 10.8. The Bertz CT molecular complexity index is 591. The first-order chi connectivity index (χ1) is 9.26. The number of carboxylic acids is 1. The molecule has 0 bridgehead atoms. The SMILES string of the molecule is CCCC(CC(=O)O)NS(=O)(=O)c1cc(F)ccc1Cl. The molecule has 112 valence electrons. The summed E-state index contributed by atoms with van der Waals surface area (Å²) >= 11 is 5.74. The van der Waals surface area contributed by atoms with E-state index in [1.807, 2.05) is 0 Å². The van der Waals surface area contributed by atoms with Gasteiger partial charge in [0.15, 0.2) is 0 Å². The maximum absolute atomic E-state index is 13.1. The van der Waals surface area contributed by atoms with E-state index < -0.39 is 32.7 Å². The van der Waals surface area contributed by atoms with E-state index in [0.29, 0.717) is 12.8 Å². The van der Waals surface area contributed by atoms with Crippen molar-refractivity contribution < 1.29 is 22.7 Å². The van der Waals surface area contributed by atoms with E-state index >= 15 is 0 Å². The minimum absolute atomic E-state index is 0.121. The van der Waals surface area contributed by atoms with E-state index in [0.717, 1.165) is 18.2 Å². The van der Waals surface area contributed by atoms with Gasteiger partial charge in [0.25, 0.3) is 0 Å². The molecule has 0 amide bonds. The van der Waals surface area contributed by atoms with Crippen LogP contribution in [0, 0.1) is 5.82 Å². The normalized spacial score (nSPS) is 13.2. The van der Waals surface area contributed by atoms with Crippen molar-refractivity contribution in [3.8, 4) is 0 Å². The third kappa shape index (κ3) is 4.73. The van der Waals surface area contributed by atoms with Crippen LogP contribution >= 0.6 is 11.6 Å². The predicted octanol–water partition coefficient (Wildman–Crippen LogP) is 2.40. The van der Waals surface area contributed by atoms with Crippen LogP contribution in [-0.2, 0) is 14.8 Å². The van der Waals surface area contributed by atoms with Crippen LogP contribution in [0.3, 0.4) is 0 Å². The smallest absolute Gasteiger partial charge is 0.304 e. The predicted molar refractivity (Wildman–Crippen MR) is 72.7 cm³/mol. The summed E-state index contributed by atoms with van der Waals surface area (Å²) in [6.07, 6.45) is 0.621. The van der Waals surface area contributed by atoms with Crippen molar-refractivity contribution in [3.63, 3.8) is 0 Å². The monoisotopic (exact) mass is 323 g/mol. The van der Waals surface area contributed by atoms with Gasteiger partial charge in [0.2, 0.25) is 10.0 Å². The molecule has 20 heavy (non-hydrogen) atoms. The lowest BCUT2D eigenvalue weighted by Crippen LogP contribution is -2.36. The number of hydrogen-bond donors (Lipinski definition) is 2. The Kier molecular flexibility index (Phi) is 5.91. The fourth-order valence-corrected chi connectivity index (χ4v) is 3.51. The van der Waals surface area contributed by atoms with Crippen LogP contribution in [0.5, 0.6) is 0 Å². The van der Waals surface area contributed by atoms with Gasteiger partial charge in [-0.25, -0.2) is 17.5 Å². The number of carboxylic acid groups (broad SMARTS) is 1. The number of rotatable bonds is 7. The average molecular weight is 324 g/mol. The molecule has 8 heteroatoms. The van der Waals surface area contributed by atoms with Gasteiger partial charge in [-0.2, -0.15) is 0 Å². The number of aliphatic carboxylic acids is 1. The van der Waals surface area contributed by atoms with Crippen molar-refractivity contribution in [2.45, 2.75) is 37.1 Å². The van der Waals surface area contributed by atoms with Crippen molar-refractivity contribution >= 4 is 27.6 Å². The molecule has 1 aromatic carbocycles. The summed E-state index contributed by atoms with van der Waals surface area (Å²) in [6.45, 7) is 1.80. The van der Waals surface area contributed by atoms with Crippen LogP contribution in [0.25, 0.3) is 0 Å². The van der Waals surface area contributed by atoms with E-state index in [1.165, 1.54) is 0 Å². The maximum Gasteiger partial charge on any atom is 0.304 e. The largest absolute Gasteiger partial charge is 0.481 e. The summed E-state index contributed by atoms with van der Waals surface area (Å²) in [7, 11) is -4.07. The van der Waals surface area contributed by atoms with E-state index in [2.05, 4.69) is 4.72 Å². The van der Waals surface area contributed by atoms with Gasteiger partial charge in [0.1, 0.15) is 10.7 Å². The molecule has 5 nitrogen and oxygen atoms in total. The van der Waals surface area contributed by atoms with Crippen molar-refractivity contribution in [2.75, 3.05) is 0 Å². The summed E-state index contributed by atoms with van der Waals surface area (Å²) in [5.74, 6) is -1.85. The molecule has 0 saturated carbocycles.